The average Bonchev–Trinajstić information content (AvgIpc) is 2.96. The first-order chi connectivity index (χ1) is 15.1. The van der Waals surface area contributed by atoms with Crippen molar-refractivity contribution in [1.29, 1.82) is 0 Å². The Labute approximate surface area is 181 Å². The third-order valence-electron chi connectivity index (χ3n) is 5.54. The first-order valence-corrected chi connectivity index (χ1v) is 10.5. The summed E-state index contributed by atoms with van der Waals surface area (Å²) in [6.07, 6.45) is 1.63. The molecule has 1 atom stereocenters. The molecule has 0 fully saturated rings. The topological polar surface area (TPSA) is 54.5 Å². The zero-order valence-electron chi connectivity index (χ0n) is 17.6. The Hall–Kier alpha value is -3.25. The van der Waals surface area contributed by atoms with Gasteiger partial charge in [-0.25, -0.2) is 4.39 Å². The second kappa shape index (κ2) is 9.71. The van der Waals surface area contributed by atoms with E-state index in [1.54, 1.807) is 18.3 Å². The zero-order chi connectivity index (χ0) is 21.6. The molecule has 0 spiro atoms. The maximum Gasteiger partial charge on any atom is 0.221 e. The molecule has 0 aliphatic carbocycles. The zero-order valence-corrected chi connectivity index (χ0v) is 17.6. The number of aromatic nitrogens is 1. The standard InChI is InChI=1S/C25H26FN3O2/c1-18-7-6-13-27-22(18)15-28-25(30)12-14-29-16-19-8-2-5-11-23(19)31-24(17-29)20-9-3-4-10-21(20)26/h2-11,13,24H,12,14-17H2,1H3,(H,28,30). The molecule has 0 saturated carbocycles. The molecule has 1 aliphatic heterocycles. The van der Waals surface area contributed by atoms with Gasteiger partial charge in [-0.3, -0.25) is 14.7 Å². The lowest BCUT2D eigenvalue weighted by Gasteiger charge is -2.24. The Bertz CT molecular complexity index is 1060. The predicted molar refractivity (Wildman–Crippen MR) is 117 cm³/mol. The van der Waals surface area contributed by atoms with Crippen LogP contribution in [0.2, 0.25) is 0 Å². The van der Waals surface area contributed by atoms with E-state index in [9.17, 15) is 9.18 Å². The molecule has 4 rings (SSSR count). The number of aryl methyl sites for hydroxylation is 1. The summed E-state index contributed by atoms with van der Waals surface area (Å²) in [7, 11) is 0. The van der Waals surface area contributed by atoms with Gasteiger partial charge >= 0.3 is 0 Å². The molecule has 1 unspecified atom stereocenters. The fourth-order valence-electron chi connectivity index (χ4n) is 3.78. The van der Waals surface area contributed by atoms with Gasteiger partial charge in [0.05, 0.1) is 12.2 Å². The highest BCUT2D eigenvalue weighted by molar-refractivity contribution is 5.76. The predicted octanol–water partition coefficient (Wildman–Crippen LogP) is 4.17. The normalized spacial score (nSPS) is 16.1. The molecule has 0 saturated heterocycles. The van der Waals surface area contributed by atoms with Crippen LogP contribution in [-0.2, 0) is 17.9 Å². The monoisotopic (exact) mass is 419 g/mol. The maximum atomic E-state index is 14.4. The summed E-state index contributed by atoms with van der Waals surface area (Å²) in [4.78, 5) is 18.9. The van der Waals surface area contributed by atoms with Crippen LogP contribution >= 0.6 is 0 Å². The van der Waals surface area contributed by atoms with E-state index in [-0.39, 0.29) is 11.7 Å². The number of fused-ring (bicyclic) bond motifs is 1. The molecular weight excluding hydrogens is 393 g/mol. The van der Waals surface area contributed by atoms with E-state index < -0.39 is 6.10 Å². The molecule has 1 amide bonds. The number of nitrogens with one attached hydrogen (secondary N) is 1. The molecule has 6 heteroatoms. The summed E-state index contributed by atoms with van der Waals surface area (Å²) in [6.45, 7) is 4.09. The first-order valence-electron chi connectivity index (χ1n) is 10.5. The molecule has 31 heavy (non-hydrogen) atoms. The second-order valence-corrected chi connectivity index (χ2v) is 7.76. The molecule has 2 heterocycles. The van der Waals surface area contributed by atoms with Crippen molar-refractivity contribution >= 4 is 5.91 Å². The number of pyridine rings is 1. The Morgan fingerprint density at radius 1 is 1.16 bits per heavy atom. The van der Waals surface area contributed by atoms with Gasteiger partial charge in [-0.2, -0.15) is 0 Å². The highest BCUT2D eigenvalue weighted by Gasteiger charge is 2.26. The van der Waals surface area contributed by atoms with Crippen LogP contribution in [0.4, 0.5) is 4.39 Å². The SMILES string of the molecule is Cc1cccnc1CNC(=O)CCN1Cc2ccccc2OC(c2ccccc2F)C1. The van der Waals surface area contributed by atoms with Crippen LogP contribution in [0.5, 0.6) is 5.75 Å². The number of hydrogen-bond acceptors (Lipinski definition) is 4. The highest BCUT2D eigenvalue weighted by atomic mass is 19.1. The Balaban J connectivity index is 1.42. The quantitative estimate of drug-likeness (QED) is 0.652. The molecule has 1 aromatic heterocycles. The van der Waals surface area contributed by atoms with E-state index in [0.29, 0.717) is 38.2 Å². The van der Waals surface area contributed by atoms with Crippen LogP contribution in [-0.4, -0.2) is 28.9 Å². The van der Waals surface area contributed by atoms with Gasteiger partial charge < -0.3 is 10.1 Å². The number of carbonyl (C=O) groups is 1. The van der Waals surface area contributed by atoms with E-state index in [0.717, 1.165) is 22.6 Å². The summed E-state index contributed by atoms with van der Waals surface area (Å²) in [5.74, 6) is 0.439. The van der Waals surface area contributed by atoms with Crippen LogP contribution in [0.3, 0.4) is 0 Å². The van der Waals surface area contributed by atoms with Crippen molar-refractivity contribution in [3.05, 3.63) is 95.1 Å². The molecule has 2 aromatic carbocycles. The maximum absolute atomic E-state index is 14.4. The van der Waals surface area contributed by atoms with Gasteiger partial charge in [0.15, 0.2) is 0 Å². The molecule has 1 N–H and O–H groups in total. The van der Waals surface area contributed by atoms with E-state index in [1.165, 1.54) is 6.07 Å². The second-order valence-electron chi connectivity index (χ2n) is 7.76. The van der Waals surface area contributed by atoms with Gasteiger partial charge in [-0.05, 0) is 30.7 Å². The van der Waals surface area contributed by atoms with E-state index in [2.05, 4.69) is 15.2 Å². The van der Waals surface area contributed by atoms with E-state index in [4.69, 9.17) is 4.74 Å². The number of nitrogens with zero attached hydrogens (tertiary/aromatic N) is 2. The molecule has 0 radical (unpaired) electrons. The number of rotatable bonds is 6. The van der Waals surface area contributed by atoms with Gasteiger partial charge in [-0.1, -0.05) is 42.5 Å². The number of halogens is 1. The summed E-state index contributed by atoms with van der Waals surface area (Å²) in [6, 6.07) is 18.4. The van der Waals surface area contributed by atoms with Crippen LogP contribution in [0.25, 0.3) is 0 Å². The summed E-state index contributed by atoms with van der Waals surface area (Å²) in [5, 5.41) is 2.95. The van der Waals surface area contributed by atoms with Crippen LogP contribution in [0.15, 0.2) is 66.9 Å². The minimum Gasteiger partial charge on any atom is -0.484 e. The fourth-order valence-corrected chi connectivity index (χ4v) is 3.78. The Kier molecular flexibility index (Phi) is 6.57. The lowest BCUT2D eigenvalue weighted by molar-refractivity contribution is -0.121. The number of benzene rings is 2. The lowest BCUT2D eigenvalue weighted by atomic mass is 10.1. The van der Waals surface area contributed by atoms with Crippen molar-refractivity contribution < 1.29 is 13.9 Å². The minimum absolute atomic E-state index is 0.0362. The van der Waals surface area contributed by atoms with Gasteiger partial charge in [0.1, 0.15) is 17.7 Å². The van der Waals surface area contributed by atoms with Crippen molar-refractivity contribution in [2.24, 2.45) is 0 Å². The van der Waals surface area contributed by atoms with Crippen molar-refractivity contribution in [3.63, 3.8) is 0 Å². The number of ether oxygens (including phenoxy) is 1. The summed E-state index contributed by atoms with van der Waals surface area (Å²) >= 11 is 0. The fraction of sp³-hybridized carbons (Fsp3) is 0.280. The van der Waals surface area contributed by atoms with Crippen molar-refractivity contribution in [1.82, 2.24) is 15.2 Å². The van der Waals surface area contributed by atoms with Crippen LogP contribution in [0.1, 0.15) is 34.9 Å². The highest BCUT2D eigenvalue weighted by Crippen LogP contribution is 2.32. The first kappa shape index (κ1) is 21.0. The average molecular weight is 420 g/mol. The number of para-hydroxylation sites is 1. The number of carbonyl (C=O) groups excluding carboxylic acids is 1. The van der Waals surface area contributed by atoms with Gasteiger partial charge in [0, 0.05) is 43.4 Å². The summed E-state index contributed by atoms with van der Waals surface area (Å²) in [5.41, 5.74) is 3.48. The molecule has 5 nitrogen and oxygen atoms in total. The Morgan fingerprint density at radius 2 is 1.97 bits per heavy atom. The van der Waals surface area contributed by atoms with Crippen molar-refractivity contribution in [2.45, 2.75) is 32.5 Å². The lowest BCUT2D eigenvalue weighted by Crippen LogP contribution is -2.33. The molecule has 0 bridgehead atoms. The van der Waals surface area contributed by atoms with Gasteiger partial charge in [0.25, 0.3) is 0 Å². The molecular formula is C25H26FN3O2. The largest absolute Gasteiger partial charge is 0.484 e. The van der Waals surface area contributed by atoms with E-state index in [1.807, 2.05) is 49.4 Å². The van der Waals surface area contributed by atoms with Crippen molar-refractivity contribution in [2.75, 3.05) is 13.1 Å². The Morgan fingerprint density at radius 3 is 2.81 bits per heavy atom. The molecule has 1 aliphatic rings. The third-order valence-corrected chi connectivity index (χ3v) is 5.54. The third kappa shape index (κ3) is 5.27. The molecule has 3 aromatic rings. The van der Waals surface area contributed by atoms with Crippen LogP contribution < -0.4 is 10.1 Å². The van der Waals surface area contributed by atoms with Gasteiger partial charge in [-0.15, -0.1) is 0 Å². The van der Waals surface area contributed by atoms with E-state index >= 15 is 0 Å². The smallest absolute Gasteiger partial charge is 0.221 e. The van der Waals surface area contributed by atoms with Crippen molar-refractivity contribution in [3.8, 4) is 5.75 Å². The van der Waals surface area contributed by atoms with Crippen LogP contribution in [0, 0.1) is 12.7 Å². The number of amides is 1. The minimum atomic E-state index is -0.441. The number of hydrogen-bond donors (Lipinski definition) is 1. The molecule has 160 valence electrons. The summed E-state index contributed by atoms with van der Waals surface area (Å²) < 4.78 is 20.6. The van der Waals surface area contributed by atoms with Gasteiger partial charge in [0.2, 0.25) is 5.91 Å².